The zero-order chi connectivity index (χ0) is 25.4. The van der Waals surface area contributed by atoms with Crippen LogP contribution in [0.15, 0.2) is 54.6 Å². The van der Waals surface area contributed by atoms with Crippen molar-refractivity contribution in [3.8, 4) is 5.75 Å². The number of amides is 2. The van der Waals surface area contributed by atoms with E-state index in [-0.39, 0.29) is 11.9 Å². The number of nitrogens with one attached hydrogen (secondary N) is 2. The molecule has 0 heterocycles. The molecule has 1 aliphatic carbocycles. The van der Waals surface area contributed by atoms with Crippen LogP contribution >= 0.6 is 0 Å². The molecule has 1 fully saturated rings. The maximum absolute atomic E-state index is 13.2. The van der Waals surface area contributed by atoms with Crippen LogP contribution < -0.4 is 15.4 Å². The fourth-order valence-electron chi connectivity index (χ4n) is 4.34. The van der Waals surface area contributed by atoms with Crippen LogP contribution in [-0.4, -0.2) is 29.7 Å². The minimum atomic E-state index is -0.726. The molecule has 0 aromatic heterocycles. The summed E-state index contributed by atoms with van der Waals surface area (Å²) in [7, 11) is 0. The summed E-state index contributed by atoms with van der Waals surface area (Å²) in [5.74, 6) is 1.81. The van der Waals surface area contributed by atoms with Gasteiger partial charge in [0.25, 0.3) is 0 Å². The molecule has 3 rings (SSSR count). The SMILES string of the molecule is CC1CCC(NC(=O)[C@H](Cc2ccc(OCc3ccccc3)cc2)NC(=O)OC(C)(C)C)CC1C. The lowest BCUT2D eigenvalue weighted by molar-refractivity contribution is -0.124. The number of carbonyl (C=O) groups is 2. The van der Waals surface area contributed by atoms with Crippen molar-refractivity contribution in [1.82, 2.24) is 10.6 Å². The summed E-state index contributed by atoms with van der Waals surface area (Å²) in [4.78, 5) is 25.7. The molecule has 2 N–H and O–H groups in total. The van der Waals surface area contributed by atoms with E-state index in [0.717, 1.165) is 36.1 Å². The first-order chi connectivity index (χ1) is 16.6. The second-order valence-electron chi connectivity index (χ2n) is 10.8. The average molecular weight is 481 g/mol. The third-order valence-corrected chi connectivity index (χ3v) is 6.56. The first-order valence-electron chi connectivity index (χ1n) is 12.6. The van der Waals surface area contributed by atoms with Gasteiger partial charge in [-0.15, -0.1) is 0 Å². The predicted octanol–water partition coefficient (Wildman–Crippen LogP) is 5.64. The Hall–Kier alpha value is -3.02. The largest absolute Gasteiger partial charge is 0.489 e. The monoisotopic (exact) mass is 480 g/mol. The first-order valence-corrected chi connectivity index (χ1v) is 12.6. The van der Waals surface area contributed by atoms with Crippen LogP contribution in [0.4, 0.5) is 4.79 Å². The number of hydrogen-bond acceptors (Lipinski definition) is 4. The molecule has 0 aliphatic heterocycles. The molecule has 0 radical (unpaired) electrons. The highest BCUT2D eigenvalue weighted by Crippen LogP contribution is 2.29. The summed E-state index contributed by atoms with van der Waals surface area (Å²) < 4.78 is 11.3. The highest BCUT2D eigenvalue weighted by molar-refractivity contribution is 5.86. The van der Waals surface area contributed by atoms with E-state index in [1.807, 2.05) is 54.6 Å². The molecule has 1 saturated carbocycles. The molecular weight excluding hydrogens is 440 g/mol. The number of hydrogen-bond donors (Lipinski definition) is 2. The Morgan fingerprint density at radius 2 is 1.63 bits per heavy atom. The molecule has 35 heavy (non-hydrogen) atoms. The third kappa shape index (κ3) is 8.93. The van der Waals surface area contributed by atoms with Crippen molar-refractivity contribution >= 4 is 12.0 Å². The minimum absolute atomic E-state index is 0.130. The van der Waals surface area contributed by atoms with Crippen molar-refractivity contribution in [3.05, 3.63) is 65.7 Å². The molecule has 0 saturated heterocycles. The van der Waals surface area contributed by atoms with E-state index < -0.39 is 17.7 Å². The van der Waals surface area contributed by atoms with Crippen molar-refractivity contribution in [2.75, 3.05) is 0 Å². The topological polar surface area (TPSA) is 76.7 Å². The summed E-state index contributed by atoms with van der Waals surface area (Å²) in [6.07, 6.45) is 2.79. The smallest absolute Gasteiger partial charge is 0.408 e. The molecule has 0 bridgehead atoms. The Morgan fingerprint density at radius 3 is 2.26 bits per heavy atom. The molecule has 2 aromatic rings. The number of carbonyl (C=O) groups excluding carboxylic acids is 2. The first kappa shape index (κ1) is 26.6. The Bertz CT molecular complexity index is 953. The molecular formula is C29H40N2O4. The van der Waals surface area contributed by atoms with Gasteiger partial charge in [-0.3, -0.25) is 4.79 Å². The standard InChI is InChI=1S/C29H40N2O4/c1-20-11-14-24(17-21(20)2)30-27(32)26(31-28(33)35-29(3,4)5)18-22-12-15-25(16-13-22)34-19-23-9-7-6-8-10-23/h6-10,12-13,15-16,20-21,24,26H,11,14,17-19H2,1-5H3,(H,30,32)(H,31,33)/t20?,21?,24?,26-/m0/s1. The van der Waals surface area contributed by atoms with Crippen LogP contribution in [0.5, 0.6) is 5.75 Å². The highest BCUT2D eigenvalue weighted by atomic mass is 16.6. The lowest BCUT2D eigenvalue weighted by Crippen LogP contribution is -2.52. The molecule has 4 atom stereocenters. The molecule has 2 amide bonds. The lowest BCUT2D eigenvalue weighted by Gasteiger charge is -2.33. The molecule has 0 spiro atoms. The summed E-state index contributed by atoms with van der Waals surface area (Å²) in [5, 5.41) is 5.96. The van der Waals surface area contributed by atoms with Gasteiger partial charge in [-0.2, -0.15) is 0 Å². The van der Waals surface area contributed by atoms with E-state index in [1.165, 1.54) is 0 Å². The third-order valence-electron chi connectivity index (χ3n) is 6.56. The highest BCUT2D eigenvalue weighted by Gasteiger charge is 2.29. The quantitative estimate of drug-likeness (QED) is 0.512. The van der Waals surface area contributed by atoms with Gasteiger partial charge in [0.2, 0.25) is 5.91 Å². The summed E-state index contributed by atoms with van der Waals surface area (Å²) >= 11 is 0. The molecule has 6 heteroatoms. The van der Waals surface area contributed by atoms with Gasteiger partial charge in [-0.25, -0.2) is 4.79 Å². The minimum Gasteiger partial charge on any atom is -0.489 e. The summed E-state index contributed by atoms with van der Waals surface area (Å²) in [6.45, 7) is 10.4. The van der Waals surface area contributed by atoms with E-state index >= 15 is 0 Å². The van der Waals surface area contributed by atoms with Gasteiger partial charge in [-0.05, 0) is 75.1 Å². The second kappa shape index (κ2) is 12.1. The summed E-state index contributed by atoms with van der Waals surface area (Å²) in [5.41, 5.74) is 1.39. The average Bonchev–Trinajstić information content (AvgIpc) is 2.80. The fourth-order valence-corrected chi connectivity index (χ4v) is 4.34. The molecule has 190 valence electrons. The van der Waals surface area contributed by atoms with Gasteiger partial charge < -0.3 is 20.1 Å². The lowest BCUT2D eigenvalue weighted by atomic mass is 9.79. The number of benzene rings is 2. The number of rotatable bonds is 8. The van der Waals surface area contributed by atoms with Gasteiger partial charge >= 0.3 is 6.09 Å². The summed E-state index contributed by atoms with van der Waals surface area (Å²) in [6, 6.07) is 17.0. The number of ether oxygens (including phenoxy) is 2. The normalized spacial score (nSPS) is 21.0. The second-order valence-corrected chi connectivity index (χ2v) is 10.8. The Morgan fingerprint density at radius 1 is 0.943 bits per heavy atom. The van der Waals surface area contributed by atoms with Gasteiger partial charge in [0.15, 0.2) is 0 Å². The van der Waals surface area contributed by atoms with Gasteiger partial charge in [0.05, 0.1) is 0 Å². The van der Waals surface area contributed by atoms with Crippen LogP contribution in [0.25, 0.3) is 0 Å². The Balaban J connectivity index is 1.63. The van der Waals surface area contributed by atoms with Crippen LogP contribution in [0, 0.1) is 11.8 Å². The van der Waals surface area contributed by atoms with Crippen molar-refractivity contribution in [2.45, 2.75) is 84.6 Å². The molecule has 3 unspecified atom stereocenters. The maximum atomic E-state index is 13.2. The molecule has 2 aromatic carbocycles. The Labute approximate surface area is 209 Å². The zero-order valence-corrected chi connectivity index (χ0v) is 21.7. The maximum Gasteiger partial charge on any atom is 0.408 e. The predicted molar refractivity (Wildman–Crippen MR) is 138 cm³/mol. The van der Waals surface area contributed by atoms with E-state index in [0.29, 0.717) is 24.9 Å². The van der Waals surface area contributed by atoms with Gasteiger partial charge in [0, 0.05) is 12.5 Å². The fraction of sp³-hybridized carbons (Fsp3) is 0.517. The van der Waals surface area contributed by atoms with Crippen molar-refractivity contribution in [1.29, 1.82) is 0 Å². The van der Waals surface area contributed by atoms with Crippen LogP contribution in [0.2, 0.25) is 0 Å². The van der Waals surface area contributed by atoms with Crippen LogP contribution in [-0.2, 0) is 22.6 Å². The van der Waals surface area contributed by atoms with Gasteiger partial charge in [-0.1, -0.05) is 56.3 Å². The van der Waals surface area contributed by atoms with Gasteiger partial charge in [0.1, 0.15) is 24.0 Å². The zero-order valence-electron chi connectivity index (χ0n) is 21.7. The van der Waals surface area contributed by atoms with Crippen LogP contribution in [0.3, 0.4) is 0 Å². The Kier molecular flexibility index (Phi) is 9.19. The van der Waals surface area contributed by atoms with Crippen molar-refractivity contribution in [2.24, 2.45) is 11.8 Å². The number of alkyl carbamates (subject to hydrolysis) is 1. The van der Waals surface area contributed by atoms with E-state index in [2.05, 4.69) is 24.5 Å². The van der Waals surface area contributed by atoms with E-state index in [9.17, 15) is 9.59 Å². The molecule has 6 nitrogen and oxygen atoms in total. The van der Waals surface area contributed by atoms with E-state index in [1.54, 1.807) is 20.8 Å². The van der Waals surface area contributed by atoms with E-state index in [4.69, 9.17) is 9.47 Å². The van der Waals surface area contributed by atoms with Crippen molar-refractivity contribution in [3.63, 3.8) is 0 Å². The van der Waals surface area contributed by atoms with Crippen molar-refractivity contribution < 1.29 is 19.1 Å². The molecule has 1 aliphatic rings. The van der Waals surface area contributed by atoms with Crippen LogP contribution in [0.1, 0.15) is 65.0 Å².